The first-order valence-corrected chi connectivity index (χ1v) is 7.97. The lowest BCUT2D eigenvalue weighted by Gasteiger charge is -2.22. The van der Waals surface area contributed by atoms with Crippen LogP contribution in [0.3, 0.4) is 0 Å². The molecular formula is C20H28N2O2. The van der Waals surface area contributed by atoms with Gasteiger partial charge in [0, 0.05) is 50.4 Å². The van der Waals surface area contributed by atoms with E-state index in [1.807, 2.05) is 0 Å². The van der Waals surface area contributed by atoms with Gasteiger partial charge in [-0.05, 0) is 12.1 Å². The Morgan fingerprint density at radius 2 is 0.958 bits per heavy atom. The minimum Gasteiger partial charge on any atom is -0.508 e. The van der Waals surface area contributed by atoms with E-state index in [-0.39, 0.29) is 11.5 Å². The summed E-state index contributed by atoms with van der Waals surface area (Å²) < 4.78 is 0. The quantitative estimate of drug-likeness (QED) is 0.456. The Balaban J connectivity index is 2.94. The van der Waals surface area contributed by atoms with Crippen LogP contribution in [0, 0.1) is 0 Å². The SMILES string of the molecule is C=CCN(CC=C)Cc1cc(O)c(CN(CC=C)CC=C)cc1O. The minimum atomic E-state index is 0.179. The predicted octanol–water partition coefficient (Wildman–Crippen LogP) is 3.45. The van der Waals surface area contributed by atoms with Gasteiger partial charge in [-0.1, -0.05) is 24.3 Å². The van der Waals surface area contributed by atoms with Gasteiger partial charge in [-0.3, -0.25) is 9.80 Å². The molecule has 0 heterocycles. The smallest absolute Gasteiger partial charge is 0.120 e. The van der Waals surface area contributed by atoms with Crippen molar-refractivity contribution in [3.05, 3.63) is 73.9 Å². The van der Waals surface area contributed by atoms with E-state index in [4.69, 9.17) is 0 Å². The molecule has 4 heteroatoms. The van der Waals surface area contributed by atoms with Crippen molar-refractivity contribution in [3.8, 4) is 11.5 Å². The van der Waals surface area contributed by atoms with Crippen LogP contribution in [0.4, 0.5) is 0 Å². The molecule has 24 heavy (non-hydrogen) atoms. The van der Waals surface area contributed by atoms with Gasteiger partial charge < -0.3 is 10.2 Å². The van der Waals surface area contributed by atoms with Crippen LogP contribution < -0.4 is 0 Å². The second-order valence-corrected chi connectivity index (χ2v) is 5.65. The van der Waals surface area contributed by atoms with Crippen LogP contribution in [0.1, 0.15) is 11.1 Å². The molecule has 0 saturated carbocycles. The largest absolute Gasteiger partial charge is 0.508 e. The summed E-state index contributed by atoms with van der Waals surface area (Å²) in [6.07, 6.45) is 7.21. The fourth-order valence-corrected chi connectivity index (χ4v) is 2.54. The van der Waals surface area contributed by atoms with Gasteiger partial charge >= 0.3 is 0 Å². The average molecular weight is 328 g/mol. The van der Waals surface area contributed by atoms with Crippen LogP contribution >= 0.6 is 0 Å². The maximum absolute atomic E-state index is 10.3. The fraction of sp³-hybridized carbons (Fsp3) is 0.300. The molecule has 0 atom stereocenters. The highest BCUT2D eigenvalue weighted by atomic mass is 16.3. The topological polar surface area (TPSA) is 46.9 Å². The van der Waals surface area contributed by atoms with E-state index in [1.165, 1.54) is 0 Å². The number of benzene rings is 1. The molecular weight excluding hydrogens is 300 g/mol. The summed E-state index contributed by atoms with van der Waals surface area (Å²) in [5.74, 6) is 0.358. The highest BCUT2D eigenvalue weighted by Gasteiger charge is 2.13. The van der Waals surface area contributed by atoms with Crippen molar-refractivity contribution < 1.29 is 10.2 Å². The predicted molar refractivity (Wildman–Crippen MR) is 101 cm³/mol. The molecule has 2 N–H and O–H groups in total. The minimum absolute atomic E-state index is 0.179. The Morgan fingerprint density at radius 1 is 0.667 bits per heavy atom. The first-order valence-electron chi connectivity index (χ1n) is 7.97. The summed E-state index contributed by atoms with van der Waals surface area (Å²) >= 11 is 0. The Morgan fingerprint density at radius 3 is 1.21 bits per heavy atom. The molecule has 0 aliphatic rings. The second kappa shape index (κ2) is 10.5. The van der Waals surface area contributed by atoms with Crippen molar-refractivity contribution in [2.24, 2.45) is 0 Å². The van der Waals surface area contributed by atoms with E-state index in [0.29, 0.717) is 50.4 Å². The summed E-state index contributed by atoms with van der Waals surface area (Å²) in [6, 6.07) is 3.26. The molecule has 1 aromatic carbocycles. The lowest BCUT2D eigenvalue weighted by molar-refractivity contribution is 0.312. The molecule has 130 valence electrons. The van der Waals surface area contributed by atoms with Gasteiger partial charge in [0.1, 0.15) is 11.5 Å². The van der Waals surface area contributed by atoms with Crippen LogP contribution in [0.15, 0.2) is 62.8 Å². The Hall–Kier alpha value is -2.30. The van der Waals surface area contributed by atoms with E-state index in [1.54, 1.807) is 36.4 Å². The van der Waals surface area contributed by atoms with Gasteiger partial charge in [0.15, 0.2) is 0 Å². The maximum atomic E-state index is 10.3. The first-order chi connectivity index (χ1) is 11.5. The third kappa shape index (κ3) is 6.07. The third-order valence-electron chi connectivity index (χ3n) is 3.62. The van der Waals surface area contributed by atoms with Crippen molar-refractivity contribution in [3.63, 3.8) is 0 Å². The molecule has 1 rings (SSSR count). The van der Waals surface area contributed by atoms with Gasteiger partial charge in [-0.2, -0.15) is 0 Å². The summed E-state index contributed by atoms with van der Waals surface area (Å²) in [5, 5.41) is 20.7. The molecule has 0 spiro atoms. The Labute approximate surface area is 145 Å². The molecule has 0 unspecified atom stereocenters. The first kappa shape index (κ1) is 19.7. The molecule has 0 radical (unpaired) electrons. The molecule has 0 bridgehead atoms. The van der Waals surface area contributed by atoms with Crippen molar-refractivity contribution in [1.29, 1.82) is 0 Å². The van der Waals surface area contributed by atoms with Gasteiger partial charge in [0.05, 0.1) is 0 Å². The number of hydrogen-bond acceptors (Lipinski definition) is 4. The second-order valence-electron chi connectivity index (χ2n) is 5.65. The standard InChI is InChI=1S/C20H28N2O2/c1-5-9-21(10-6-2)15-17-13-20(24)18(14-19(17)23)16-22(11-7-3)12-8-4/h5-8,13-14,23-24H,1-4,9-12,15-16H2. The summed E-state index contributed by atoms with van der Waals surface area (Å²) in [5.41, 5.74) is 1.36. The Kier molecular flexibility index (Phi) is 8.61. The lowest BCUT2D eigenvalue weighted by Crippen LogP contribution is -2.24. The maximum Gasteiger partial charge on any atom is 0.120 e. The molecule has 1 aromatic rings. The van der Waals surface area contributed by atoms with Crippen LogP contribution in [0.25, 0.3) is 0 Å². The van der Waals surface area contributed by atoms with Crippen LogP contribution in [0.5, 0.6) is 11.5 Å². The highest BCUT2D eigenvalue weighted by Crippen LogP contribution is 2.29. The van der Waals surface area contributed by atoms with Crippen molar-refractivity contribution in [2.75, 3.05) is 26.2 Å². The summed E-state index contributed by atoms with van der Waals surface area (Å²) in [7, 11) is 0. The van der Waals surface area contributed by atoms with E-state index < -0.39 is 0 Å². The number of phenolic OH excluding ortho intramolecular Hbond substituents is 2. The van der Waals surface area contributed by atoms with E-state index in [9.17, 15) is 10.2 Å². The van der Waals surface area contributed by atoms with Gasteiger partial charge in [0.25, 0.3) is 0 Å². The molecule has 0 saturated heterocycles. The number of phenols is 2. The number of aromatic hydroxyl groups is 2. The van der Waals surface area contributed by atoms with E-state index in [0.717, 1.165) is 0 Å². The van der Waals surface area contributed by atoms with Crippen LogP contribution in [-0.4, -0.2) is 46.2 Å². The lowest BCUT2D eigenvalue weighted by atomic mass is 10.1. The molecule has 4 nitrogen and oxygen atoms in total. The molecule has 0 aromatic heterocycles. The molecule has 0 fully saturated rings. The van der Waals surface area contributed by atoms with Crippen molar-refractivity contribution in [1.82, 2.24) is 9.80 Å². The number of hydrogen-bond donors (Lipinski definition) is 2. The van der Waals surface area contributed by atoms with E-state index >= 15 is 0 Å². The van der Waals surface area contributed by atoms with E-state index in [2.05, 4.69) is 36.1 Å². The van der Waals surface area contributed by atoms with Crippen molar-refractivity contribution in [2.45, 2.75) is 13.1 Å². The van der Waals surface area contributed by atoms with Crippen LogP contribution in [0.2, 0.25) is 0 Å². The molecule has 0 amide bonds. The summed E-state index contributed by atoms with van der Waals surface area (Å²) in [6.45, 7) is 18.7. The third-order valence-corrected chi connectivity index (χ3v) is 3.62. The van der Waals surface area contributed by atoms with Crippen LogP contribution in [-0.2, 0) is 13.1 Å². The van der Waals surface area contributed by atoms with Gasteiger partial charge in [0.2, 0.25) is 0 Å². The monoisotopic (exact) mass is 328 g/mol. The normalized spacial score (nSPS) is 10.8. The fourth-order valence-electron chi connectivity index (χ4n) is 2.54. The zero-order valence-corrected chi connectivity index (χ0v) is 14.3. The molecule has 0 aliphatic heterocycles. The summed E-state index contributed by atoms with van der Waals surface area (Å²) in [4.78, 5) is 4.13. The average Bonchev–Trinajstić information content (AvgIpc) is 2.53. The van der Waals surface area contributed by atoms with Crippen molar-refractivity contribution >= 4 is 0 Å². The zero-order valence-electron chi connectivity index (χ0n) is 14.3. The molecule has 0 aliphatic carbocycles. The number of nitrogens with zero attached hydrogens (tertiary/aromatic N) is 2. The number of rotatable bonds is 12. The Bertz CT molecular complexity index is 509. The van der Waals surface area contributed by atoms with Gasteiger partial charge in [-0.25, -0.2) is 0 Å². The zero-order chi connectivity index (χ0) is 17.9. The highest BCUT2D eigenvalue weighted by molar-refractivity contribution is 5.45. The van der Waals surface area contributed by atoms with Gasteiger partial charge in [-0.15, -0.1) is 26.3 Å².